The number of aldehydes is 1. The molecular weight excluding hydrogens is 276 g/mol. The molecule has 2 aromatic carbocycles. The standard InChI is InChI=1S/C11H16.C8H6O3/c1-2-3-5-8-11-9-6-4-7-10-11;9-5-6-3-1-2-4-7(6)8(10)11/h4,6-7,9-10H,2-3,5,8H2,1H3;1-5H,(H,10,11). The van der Waals surface area contributed by atoms with Gasteiger partial charge in [0.2, 0.25) is 0 Å². The van der Waals surface area contributed by atoms with Crippen molar-refractivity contribution in [3.05, 3.63) is 71.3 Å². The lowest BCUT2D eigenvalue weighted by molar-refractivity contribution is 0.0694. The molecule has 0 aliphatic rings. The van der Waals surface area contributed by atoms with Gasteiger partial charge in [0.15, 0.2) is 6.29 Å². The van der Waals surface area contributed by atoms with Gasteiger partial charge in [0.1, 0.15) is 0 Å². The number of carboxylic acids is 1. The Hall–Kier alpha value is -2.42. The summed E-state index contributed by atoms with van der Waals surface area (Å²) in [5.74, 6) is -1.08. The molecule has 0 amide bonds. The van der Waals surface area contributed by atoms with E-state index in [4.69, 9.17) is 5.11 Å². The Bertz CT molecular complexity index is 576. The fraction of sp³-hybridized carbons (Fsp3) is 0.263. The number of carbonyl (C=O) groups excluding carboxylic acids is 1. The van der Waals surface area contributed by atoms with Crippen LogP contribution in [0.25, 0.3) is 0 Å². The van der Waals surface area contributed by atoms with Crippen LogP contribution in [0.5, 0.6) is 0 Å². The second kappa shape index (κ2) is 10.3. The highest BCUT2D eigenvalue weighted by atomic mass is 16.4. The van der Waals surface area contributed by atoms with Crippen molar-refractivity contribution in [2.75, 3.05) is 0 Å². The van der Waals surface area contributed by atoms with E-state index in [9.17, 15) is 9.59 Å². The molecule has 0 unspecified atom stereocenters. The fourth-order valence-electron chi connectivity index (χ4n) is 2.02. The van der Waals surface area contributed by atoms with Crippen LogP contribution < -0.4 is 0 Å². The number of aromatic carboxylic acids is 1. The molecular formula is C19H22O3. The van der Waals surface area contributed by atoms with Crippen molar-refractivity contribution in [3.63, 3.8) is 0 Å². The average molecular weight is 298 g/mol. The van der Waals surface area contributed by atoms with Crippen LogP contribution >= 0.6 is 0 Å². The Morgan fingerprint density at radius 2 is 1.64 bits per heavy atom. The molecule has 2 aromatic rings. The van der Waals surface area contributed by atoms with Gasteiger partial charge in [0.05, 0.1) is 5.56 Å². The third-order valence-corrected chi connectivity index (χ3v) is 3.23. The first kappa shape index (κ1) is 17.6. The second-order valence-corrected chi connectivity index (χ2v) is 4.95. The van der Waals surface area contributed by atoms with Crippen LogP contribution in [0.2, 0.25) is 0 Å². The van der Waals surface area contributed by atoms with Gasteiger partial charge >= 0.3 is 5.97 Å². The minimum absolute atomic E-state index is 0.0440. The summed E-state index contributed by atoms with van der Waals surface area (Å²) in [6, 6.07) is 16.8. The number of carboxylic acid groups (broad SMARTS) is 1. The highest BCUT2D eigenvalue weighted by Gasteiger charge is 2.06. The molecule has 3 nitrogen and oxygen atoms in total. The molecule has 3 heteroatoms. The van der Waals surface area contributed by atoms with Crippen LogP contribution in [0.3, 0.4) is 0 Å². The van der Waals surface area contributed by atoms with E-state index in [1.807, 2.05) is 0 Å². The van der Waals surface area contributed by atoms with E-state index >= 15 is 0 Å². The zero-order valence-corrected chi connectivity index (χ0v) is 12.9. The maximum absolute atomic E-state index is 10.4. The van der Waals surface area contributed by atoms with E-state index in [1.165, 1.54) is 43.4 Å². The summed E-state index contributed by atoms with van der Waals surface area (Å²) < 4.78 is 0. The first-order valence-corrected chi connectivity index (χ1v) is 7.50. The van der Waals surface area contributed by atoms with Gasteiger partial charge in [-0.1, -0.05) is 68.3 Å². The lowest BCUT2D eigenvalue weighted by Gasteiger charge is -1.98. The van der Waals surface area contributed by atoms with E-state index in [0.717, 1.165) is 0 Å². The summed E-state index contributed by atoms with van der Waals surface area (Å²) in [5, 5.41) is 8.54. The van der Waals surface area contributed by atoms with Crippen molar-refractivity contribution in [2.24, 2.45) is 0 Å². The van der Waals surface area contributed by atoms with Crippen LogP contribution in [0.1, 0.15) is 52.5 Å². The predicted molar refractivity (Wildman–Crippen MR) is 88.5 cm³/mol. The van der Waals surface area contributed by atoms with Gasteiger partial charge in [-0.15, -0.1) is 0 Å². The molecule has 1 N–H and O–H groups in total. The number of aryl methyl sites for hydroxylation is 1. The minimum atomic E-state index is -1.08. The van der Waals surface area contributed by atoms with E-state index in [0.29, 0.717) is 6.29 Å². The van der Waals surface area contributed by atoms with Crippen molar-refractivity contribution in [3.8, 4) is 0 Å². The number of carbonyl (C=O) groups is 2. The Morgan fingerprint density at radius 3 is 2.18 bits per heavy atom. The highest BCUT2D eigenvalue weighted by molar-refractivity contribution is 5.96. The summed E-state index contributed by atoms with van der Waals surface area (Å²) in [4.78, 5) is 20.7. The normalized spacial score (nSPS) is 9.50. The van der Waals surface area contributed by atoms with E-state index in [1.54, 1.807) is 12.1 Å². The second-order valence-electron chi connectivity index (χ2n) is 4.95. The maximum atomic E-state index is 10.4. The molecule has 0 fully saturated rings. The summed E-state index contributed by atoms with van der Waals surface area (Å²) in [6.45, 7) is 2.24. The zero-order chi connectivity index (χ0) is 16.2. The largest absolute Gasteiger partial charge is 0.478 e. The monoisotopic (exact) mass is 298 g/mol. The van der Waals surface area contributed by atoms with Crippen LogP contribution in [-0.2, 0) is 6.42 Å². The van der Waals surface area contributed by atoms with Crippen molar-refractivity contribution in [1.29, 1.82) is 0 Å². The predicted octanol–water partition coefficient (Wildman–Crippen LogP) is 4.62. The lowest BCUT2D eigenvalue weighted by Crippen LogP contribution is -2.00. The van der Waals surface area contributed by atoms with Crippen LogP contribution in [-0.4, -0.2) is 17.4 Å². The topological polar surface area (TPSA) is 54.4 Å². The quantitative estimate of drug-likeness (QED) is 0.625. The molecule has 0 aliphatic heterocycles. The van der Waals surface area contributed by atoms with E-state index in [2.05, 4.69) is 37.3 Å². The van der Waals surface area contributed by atoms with Crippen molar-refractivity contribution in [2.45, 2.75) is 32.6 Å². The number of hydrogen-bond donors (Lipinski definition) is 1. The third-order valence-electron chi connectivity index (χ3n) is 3.23. The van der Waals surface area contributed by atoms with Gasteiger partial charge in [-0.2, -0.15) is 0 Å². The van der Waals surface area contributed by atoms with E-state index < -0.39 is 5.97 Å². The molecule has 0 radical (unpaired) electrons. The first-order valence-electron chi connectivity index (χ1n) is 7.50. The number of benzene rings is 2. The molecule has 0 atom stereocenters. The van der Waals surface area contributed by atoms with Gasteiger partial charge < -0.3 is 5.11 Å². The zero-order valence-electron chi connectivity index (χ0n) is 12.9. The Labute approximate surface area is 131 Å². The number of rotatable bonds is 6. The van der Waals surface area contributed by atoms with Crippen molar-refractivity contribution >= 4 is 12.3 Å². The molecule has 0 saturated carbocycles. The Balaban J connectivity index is 0.000000220. The molecule has 0 bridgehead atoms. The van der Waals surface area contributed by atoms with Crippen LogP contribution in [0, 0.1) is 0 Å². The SMILES string of the molecule is CCCCCc1ccccc1.O=Cc1ccccc1C(=O)O. The third kappa shape index (κ3) is 6.35. The highest BCUT2D eigenvalue weighted by Crippen LogP contribution is 2.05. The van der Waals surface area contributed by atoms with Gasteiger partial charge in [-0.05, 0) is 24.5 Å². The van der Waals surface area contributed by atoms with Crippen LogP contribution in [0.15, 0.2) is 54.6 Å². The average Bonchev–Trinajstić information content (AvgIpc) is 2.56. The molecule has 0 aromatic heterocycles. The van der Waals surface area contributed by atoms with E-state index in [-0.39, 0.29) is 11.1 Å². The molecule has 0 saturated heterocycles. The first-order chi connectivity index (χ1) is 10.7. The molecule has 0 aliphatic carbocycles. The molecule has 116 valence electrons. The summed E-state index contributed by atoms with van der Waals surface area (Å²) in [5.41, 5.74) is 1.73. The minimum Gasteiger partial charge on any atom is -0.478 e. The van der Waals surface area contributed by atoms with Gasteiger partial charge in [0.25, 0.3) is 0 Å². The summed E-state index contributed by atoms with van der Waals surface area (Å²) in [7, 11) is 0. The maximum Gasteiger partial charge on any atom is 0.336 e. The van der Waals surface area contributed by atoms with Gasteiger partial charge in [-0.25, -0.2) is 4.79 Å². The summed E-state index contributed by atoms with van der Waals surface area (Å²) >= 11 is 0. The molecule has 0 heterocycles. The molecule has 2 rings (SSSR count). The van der Waals surface area contributed by atoms with Gasteiger partial charge in [-0.3, -0.25) is 4.79 Å². The Kier molecular flexibility index (Phi) is 8.28. The number of hydrogen-bond acceptors (Lipinski definition) is 2. The fourth-order valence-corrected chi connectivity index (χ4v) is 2.02. The smallest absolute Gasteiger partial charge is 0.336 e. The molecule has 0 spiro atoms. The van der Waals surface area contributed by atoms with Crippen LogP contribution in [0.4, 0.5) is 0 Å². The lowest BCUT2D eigenvalue weighted by atomic mass is 10.1. The van der Waals surface area contributed by atoms with Crippen molar-refractivity contribution < 1.29 is 14.7 Å². The summed E-state index contributed by atoms with van der Waals surface area (Å²) in [6.07, 6.45) is 5.78. The van der Waals surface area contributed by atoms with Crippen molar-refractivity contribution in [1.82, 2.24) is 0 Å². The van der Waals surface area contributed by atoms with Gasteiger partial charge in [0, 0.05) is 5.56 Å². The molecule has 22 heavy (non-hydrogen) atoms. The number of unbranched alkanes of at least 4 members (excludes halogenated alkanes) is 2. The Morgan fingerprint density at radius 1 is 1.00 bits per heavy atom.